The first-order valence-electron chi connectivity index (χ1n) is 12.7. The molecule has 3 aromatic rings. The number of nitrogens with one attached hydrogen (secondary N) is 2. The average molecular weight is 536 g/mol. The van der Waals surface area contributed by atoms with Crippen molar-refractivity contribution in [2.45, 2.75) is 32.7 Å². The molecule has 1 aliphatic rings. The molecule has 0 aliphatic carbocycles. The summed E-state index contributed by atoms with van der Waals surface area (Å²) in [5.41, 5.74) is 4.87. The number of rotatable bonds is 9. The molecule has 0 spiro atoms. The number of hydrogen-bond acceptors (Lipinski definition) is 5. The fraction of sp³-hybridized carbons (Fsp3) is 0.333. The average Bonchev–Trinajstić information content (AvgIpc) is 2.93. The zero-order valence-electron chi connectivity index (χ0n) is 22.3. The van der Waals surface area contributed by atoms with Gasteiger partial charge in [0.2, 0.25) is 0 Å². The number of fused-ring (bicyclic) bond motifs is 1. The second kappa shape index (κ2) is 12.3. The van der Waals surface area contributed by atoms with Gasteiger partial charge in [0.05, 0.1) is 25.5 Å². The molecule has 8 heteroatoms. The number of carbonyl (C=O) groups is 2. The maximum absolute atomic E-state index is 13.1. The van der Waals surface area contributed by atoms with E-state index in [1.54, 1.807) is 44.6 Å². The number of ether oxygens (including phenoxy) is 2. The summed E-state index contributed by atoms with van der Waals surface area (Å²) in [7, 11) is 3.28. The van der Waals surface area contributed by atoms with E-state index < -0.39 is 0 Å². The van der Waals surface area contributed by atoms with Crippen LogP contribution in [0.25, 0.3) is 0 Å². The van der Waals surface area contributed by atoms with Crippen molar-refractivity contribution in [3.63, 3.8) is 0 Å². The van der Waals surface area contributed by atoms with Crippen molar-refractivity contribution in [1.29, 1.82) is 0 Å². The number of amides is 2. The number of benzene rings is 3. The predicted octanol–water partition coefficient (Wildman–Crippen LogP) is 5.52. The van der Waals surface area contributed by atoms with Crippen LogP contribution in [-0.4, -0.2) is 50.6 Å². The Bertz CT molecular complexity index is 1310. The van der Waals surface area contributed by atoms with Gasteiger partial charge < -0.3 is 20.1 Å². The fourth-order valence-electron chi connectivity index (χ4n) is 4.58. The van der Waals surface area contributed by atoms with Crippen LogP contribution in [0.1, 0.15) is 57.2 Å². The van der Waals surface area contributed by atoms with Gasteiger partial charge in [0.1, 0.15) is 0 Å². The smallest absolute Gasteiger partial charge is 0.255 e. The Labute approximate surface area is 229 Å². The summed E-state index contributed by atoms with van der Waals surface area (Å²) in [5, 5.41) is 6.26. The minimum Gasteiger partial charge on any atom is -0.493 e. The van der Waals surface area contributed by atoms with Crippen LogP contribution in [0.2, 0.25) is 5.02 Å². The SMILES string of the molecule is COc1cc2c(cc1OC)CN(CCNC(=O)c1cc(Cl)ccc1NC(=O)c1ccc(C(C)C)cc1)CC2. The standard InChI is InChI=1S/C30H34ClN3O4/c1-19(2)20-5-7-21(8-6-20)29(35)33-26-10-9-24(31)17-25(26)30(36)32-12-14-34-13-11-22-15-27(37-3)28(38-4)16-23(22)18-34/h5-10,15-17,19H,11-14,18H2,1-4H3,(H,32,36)(H,33,35). The minimum atomic E-state index is -0.290. The Balaban J connectivity index is 1.37. The van der Waals surface area contributed by atoms with Crippen molar-refractivity contribution in [3.8, 4) is 11.5 Å². The monoisotopic (exact) mass is 535 g/mol. The van der Waals surface area contributed by atoms with Gasteiger partial charge in [-0.05, 0) is 71.5 Å². The highest BCUT2D eigenvalue weighted by atomic mass is 35.5. The third kappa shape index (κ3) is 6.47. The van der Waals surface area contributed by atoms with E-state index in [9.17, 15) is 9.59 Å². The Kier molecular flexibility index (Phi) is 8.92. The minimum absolute atomic E-state index is 0.282. The largest absolute Gasteiger partial charge is 0.493 e. The maximum Gasteiger partial charge on any atom is 0.255 e. The van der Waals surface area contributed by atoms with Crippen LogP contribution < -0.4 is 20.1 Å². The van der Waals surface area contributed by atoms with E-state index in [0.717, 1.165) is 30.8 Å². The van der Waals surface area contributed by atoms with Crippen LogP contribution >= 0.6 is 11.6 Å². The number of nitrogens with zero attached hydrogens (tertiary/aromatic N) is 1. The van der Waals surface area contributed by atoms with Crippen molar-refractivity contribution in [2.24, 2.45) is 0 Å². The first-order valence-corrected chi connectivity index (χ1v) is 13.1. The van der Waals surface area contributed by atoms with E-state index in [4.69, 9.17) is 21.1 Å². The topological polar surface area (TPSA) is 79.9 Å². The fourth-order valence-corrected chi connectivity index (χ4v) is 4.75. The van der Waals surface area contributed by atoms with Gasteiger partial charge in [-0.1, -0.05) is 37.6 Å². The van der Waals surface area contributed by atoms with E-state index in [1.165, 1.54) is 11.1 Å². The lowest BCUT2D eigenvalue weighted by atomic mass is 9.99. The summed E-state index contributed by atoms with van der Waals surface area (Å²) < 4.78 is 10.9. The molecule has 0 aromatic heterocycles. The van der Waals surface area contributed by atoms with E-state index in [0.29, 0.717) is 46.6 Å². The zero-order valence-corrected chi connectivity index (χ0v) is 23.0. The molecular formula is C30H34ClN3O4. The van der Waals surface area contributed by atoms with Crippen molar-refractivity contribution >= 4 is 29.1 Å². The van der Waals surface area contributed by atoms with E-state index in [2.05, 4.69) is 29.4 Å². The van der Waals surface area contributed by atoms with Gasteiger partial charge >= 0.3 is 0 Å². The lowest BCUT2D eigenvalue weighted by Crippen LogP contribution is -2.38. The van der Waals surface area contributed by atoms with Gasteiger partial charge in [0.15, 0.2) is 11.5 Å². The van der Waals surface area contributed by atoms with Gasteiger partial charge in [-0.2, -0.15) is 0 Å². The summed E-state index contributed by atoms with van der Waals surface area (Å²) >= 11 is 6.19. The van der Waals surface area contributed by atoms with E-state index in [1.807, 2.05) is 24.3 Å². The molecule has 0 radical (unpaired) electrons. The molecule has 2 amide bonds. The number of hydrogen-bond donors (Lipinski definition) is 2. The maximum atomic E-state index is 13.1. The highest BCUT2D eigenvalue weighted by Gasteiger charge is 2.20. The molecule has 4 rings (SSSR count). The zero-order chi connectivity index (χ0) is 27.2. The number of halogens is 1. The normalized spacial score (nSPS) is 13.1. The molecule has 0 saturated carbocycles. The Morgan fingerprint density at radius 3 is 2.29 bits per heavy atom. The van der Waals surface area contributed by atoms with Crippen LogP contribution in [0.3, 0.4) is 0 Å². The van der Waals surface area contributed by atoms with Crippen LogP contribution in [-0.2, 0) is 13.0 Å². The molecule has 0 saturated heterocycles. The highest BCUT2D eigenvalue weighted by molar-refractivity contribution is 6.31. The first-order chi connectivity index (χ1) is 18.3. The van der Waals surface area contributed by atoms with E-state index in [-0.39, 0.29) is 11.8 Å². The summed E-state index contributed by atoms with van der Waals surface area (Å²) in [6.07, 6.45) is 0.895. The molecule has 3 aromatic carbocycles. The second-order valence-electron chi connectivity index (χ2n) is 9.68. The van der Waals surface area contributed by atoms with E-state index >= 15 is 0 Å². The third-order valence-electron chi connectivity index (χ3n) is 6.82. The van der Waals surface area contributed by atoms with Crippen molar-refractivity contribution in [3.05, 3.63) is 87.4 Å². The third-order valence-corrected chi connectivity index (χ3v) is 7.06. The number of anilines is 1. The Morgan fingerprint density at radius 2 is 1.63 bits per heavy atom. The summed E-state index contributed by atoms with van der Waals surface area (Å²) in [6.45, 7) is 6.99. The van der Waals surface area contributed by atoms with Crippen molar-refractivity contribution in [1.82, 2.24) is 10.2 Å². The van der Waals surface area contributed by atoms with Gasteiger partial charge in [-0.15, -0.1) is 0 Å². The van der Waals surface area contributed by atoms with Crippen LogP contribution in [0, 0.1) is 0 Å². The molecule has 38 heavy (non-hydrogen) atoms. The van der Waals surface area contributed by atoms with Gasteiger partial charge in [-0.3, -0.25) is 14.5 Å². The van der Waals surface area contributed by atoms with Crippen LogP contribution in [0.4, 0.5) is 5.69 Å². The molecule has 0 unspecified atom stereocenters. The van der Waals surface area contributed by atoms with Crippen molar-refractivity contribution < 1.29 is 19.1 Å². The molecule has 1 aliphatic heterocycles. The first kappa shape index (κ1) is 27.5. The van der Waals surface area contributed by atoms with Gasteiger partial charge in [0.25, 0.3) is 11.8 Å². The summed E-state index contributed by atoms with van der Waals surface area (Å²) in [6, 6.07) is 16.4. The highest BCUT2D eigenvalue weighted by Crippen LogP contribution is 2.33. The quantitative estimate of drug-likeness (QED) is 0.377. The lowest BCUT2D eigenvalue weighted by Gasteiger charge is -2.29. The predicted molar refractivity (Wildman–Crippen MR) is 151 cm³/mol. The molecule has 0 atom stereocenters. The summed E-state index contributed by atoms with van der Waals surface area (Å²) in [4.78, 5) is 28.2. The van der Waals surface area contributed by atoms with Crippen LogP contribution in [0.15, 0.2) is 54.6 Å². The second-order valence-corrected chi connectivity index (χ2v) is 10.1. The van der Waals surface area contributed by atoms with Gasteiger partial charge in [-0.25, -0.2) is 0 Å². The van der Waals surface area contributed by atoms with Crippen molar-refractivity contribution in [2.75, 3.05) is 39.2 Å². The molecule has 7 nitrogen and oxygen atoms in total. The number of carbonyl (C=O) groups excluding carboxylic acids is 2. The number of methoxy groups -OCH3 is 2. The molecule has 0 bridgehead atoms. The Hall–Kier alpha value is -3.55. The lowest BCUT2D eigenvalue weighted by molar-refractivity contribution is 0.0948. The molecule has 0 fully saturated rings. The summed E-state index contributed by atoms with van der Waals surface area (Å²) in [5.74, 6) is 1.26. The molecule has 1 heterocycles. The Morgan fingerprint density at radius 1 is 0.947 bits per heavy atom. The van der Waals surface area contributed by atoms with Crippen LogP contribution in [0.5, 0.6) is 11.5 Å². The molecule has 200 valence electrons. The molecule has 2 N–H and O–H groups in total. The molecular weight excluding hydrogens is 502 g/mol. The van der Waals surface area contributed by atoms with Gasteiger partial charge in [0, 0.05) is 36.8 Å².